The van der Waals surface area contributed by atoms with Crippen molar-refractivity contribution in [2.24, 2.45) is 0 Å². The zero-order chi connectivity index (χ0) is 13.7. The average molecular weight is 317 g/mol. The van der Waals surface area contributed by atoms with E-state index >= 15 is 0 Å². The Morgan fingerprint density at radius 3 is 2.79 bits per heavy atom. The molecule has 5 nitrogen and oxygen atoms in total. The van der Waals surface area contributed by atoms with Gasteiger partial charge in [0.05, 0.1) is 10.4 Å². The second-order valence-electron chi connectivity index (χ2n) is 3.82. The van der Waals surface area contributed by atoms with Crippen LogP contribution in [0.3, 0.4) is 0 Å². The van der Waals surface area contributed by atoms with Crippen LogP contribution in [0, 0.1) is 0 Å². The summed E-state index contributed by atoms with van der Waals surface area (Å²) in [5.41, 5.74) is 1.68. The highest BCUT2D eigenvalue weighted by Gasteiger charge is 2.16. The van der Waals surface area contributed by atoms with E-state index in [9.17, 15) is 8.42 Å². The molecule has 0 aromatic carbocycles. The third-order valence-corrected chi connectivity index (χ3v) is 5.66. The van der Waals surface area contributed by atoms with Gasteiger partial charge in [0.2, 0.25) is 10.0 Å². The van der Waals surface area contributed by atoms with Crippen LogP contribution >= 0.6 is 22.7 Å². The van der Waals surface area contributed by atoms with Gasteiger partial charge < -0.3 is 5.32 Å². The number of sulfonamides is 1. The smallest absolute Gasteiger partial charge is 0.241 e. The molecule has 2 heterocycles. The summed E-state index contributed by atoms with van der Waals surface area (Å²) in [6.07, 6.45) is 1.66. The second kappa shape index (κ2) is 6.58. The number of aromatic nitrogens is 1. The summed E-state index contributed by atoms with van der Waals surface area (Å²) in [5, 5.41) is 4.84. The summed E-state index contributed by atoms with van der Waals surface area (Å²) in [7, 11) is -3.43. The van der Waals surface area contributed by atoms with Crippen LogP contribution in [-0.2, 0) is 23.1 Å². The lowest BCUT2D eigenvalue weighted by Gasteiger charge is -2.02. The summed E-state index contributed by atoms with van der Waals surface area (Å²) in [6, 6.07) is 1.71. The first-order valence-corrected chi connectivity index (χ1v) is 9.01. The molecule has 0 radical (unpaired) electrons. The quantitative estimate of drug-likeness (QED) is 0.817. The van der Waals surface area contributed by atoms with Crippen molar-refractivity contribution in [3.8, 4) is 0 Å². The van der Waals surface area contributed by atoms with E-state index in [1.807, 2.05) is 6.92 Å². The highest BCUT2D eigenvalue weighted by molar-refractivity contribution is 7.89. The Morgan fingerprint density at radius 1 is 1.26 bits per heavy atom. The normalized spacial score (nSPS) is 11.8. The summed E-state index contributed by atoms with van der Waals surface area (Å²) >= 11 is 2.88. The number of rotatable bonds is 7. The highest BCUT2D eigenvalue weighted by atomic mass is 32.2. The molecular formula is C11H15N3O2S3. The van der Waals surface area contributed by atoms with Crippen LogP contribution in [0.1, 0.15) is 16.7 Å². The minimum absolute atomic E-state index is 0.283. The van der Waals surface area contributed by atoms with Crippen molar-refractivity contribution in [2.45, 2.75) is 24.9 Å². The van der Waals surface area contributed by atoms with Gasteiger partial charge >= 0.3 is 0 Å². The first-order chi connectivity index (χ1) is 9.12. The molecule has 0 aliphatic heterocycles. The van der Waals surface area contributed by atoms with E-state index in [1.165, 1.54) is 22.7 Å². The molecule has 0 bridgehead atoms. The van der Waals surface area contributed by atoms with Crippen molar-refractivity contribution < 1.29 is 8.42 Å². The van der Waals surface area contributed by atoms with E-state index in [0.29, 0.717) is 11.4 Å². The van der Waals surface area contributed by atoms with Crippen LogP contribution < -0.4 is 10.0 Å². The Hall–Kier alpha value is -0.800. The first kappa shape index (κ1) is 14.6. The summed E-state index contributed by atoms with van der Waals surface area (Å²) < 4.78 is 26.7. The Labute approximate surface area is 120 Å². The fraction of sp³-hybridized carbons (Fsp3) is 0.364. The molecule has 2 aromatic heterocycles. The molecular weight excluding hydrogens is 302 g/mol. The molecule has 0 fully saturated rings. The molecule has 0 atom stereocenters. The number of hydrogen-bond acceptors (Lipinski definition) is 6. The Kier molecular flexibility index (Phi) is 5.06. The lowest BCUT2D eigenvalue weighted by atomic mass is 10.4. The highest BCUT2D eigenvalue weighted by Crippen LogP contribution is 2.19. The Morgan fingerprint density at radius 2 is 2.11 bits per heavy atom. The molecule has 104 valence electrons. The largest absolute Gasteiger partial charge is 0.312 e. The van der Waals surface area contributed by atoms with E-state index in [0.717, 1.165) is 16.3 Å². The maximum Gasteiger partial charge on any atom is 0.241 e. The van der Waals surface area contributed by atoms with Crippen LogP contribution in [0.25, 0.3) is 0 Å². The van der Waals surface area contributed by atoms with E-state index in [2.05, 4.69) is 15.0 Å². The van der Waals surface area contributed by atoms with Gasteiger partial charge in [-0.2, -0.15) is 0 Å². The number of nitrogens with one attached hydrogen (secondary N) is 2. The van der Waals surface area contributed by atoms with Crippen molar-refractivity contribution in [2.75, 3.05) is 6.54 Å². The van der Waals surface area contributed by atoms with Gasteiger partial charge in [-0.05, 0) is 12.6 Å². The zero-order valence-electron chi connectivity index (χ0n) is 10.4. The molecule has 0 saturated carbocycles. The van der Waals surface area contributed by atoms with Gasteiger partial charge in [-0.1, -0.05) is 6.92 Å². The Balaban J connectivity index is 2.00. The van der Waals surface area contributed by atoms with Gasteiger partial charge in [0, 0.05) is 34.4 Å². The Bertz CT molecular complexity index is 605. The number of nitrogens with zero attached hydrogens (tertiary/aromatic N) is 1. The van der Waals surface area contributed by atoms with Crippen molar-refractivity contribution >= 4 is 32.7 Å². The van der Waals surface area contributed by atoms with Crippen LogP contribution in [-0.4, -0.2) is 19.9 Å². The molecule has 0 unspecified atom stereocenters. The SMILES string of the molecule is CCNCc1cc(S(=O)(=O)NCc2cncs2)cs1. The van der Waals surface area contributed by atoms with Crippen LogP contribution in [0.4, 0.5) is 0 Å². The van der Waals surface area contributed by atoms with E-state index in [-0.39, 0.29) is 6.54 Å². The molecule has 0 aliphatic rings. The predicted octanol–water partition coefficient (Wildman–Crippen LogP) is 1.79. The average Bonchev–Trinajstić information content (AvgIpc) is 3.05. The molecule has 0 spiro atoms. The van der Waals surface area contributed by atoms with Crippen LogP contribution in [0.2, 0.25) is 0 Å². The summed E-state index contributed by atoms with van der Waals surface area (Å²) in [6.45, 7) is 3.86. The molecule has 0 amide bonds. The van der Waals surface area contributed by atoms with Gasteiger partial charge in [0.1, 0.15) is 0 Å². The fourth-order valence-corrected chi connectivity index (χ4v) is 4.30. The summed E-state index contributed by atoms with van der Waals surface area (Å²) in [4.78, 5) is 6.15. The minimum atomic E-state index is -3.43. The van der Waals surface area contributed by atoms with E-state index in [4.69, 9.17) is 0 Å². The van der Waals surface area contributed by atoms with E-state index in [1.54, 1.807) is 23.2 Å². The number of hydrogen-bond donors (Lipinski definition) is 2. The maximum absolute atomic E-state index is 12.1. The molecule has 8 heteroatoms. The number of thiazole rings is 1. The molecule has 2 rings (SSSR count). The van der Waals surface area contributed by atoms with Gasteiger partial charge in [-0.3, -0.25) is 4.98 Å². The molecule has 19 heavy (non-hydrogen) atoms. The van der Waals surface area contributed by atoms with Crippen molar-refractivity contribution in [3.05, 3.63) is 32.9 Å². The molecule has 0 aliphatic carbocycles. The molecule has 2 aromatic rings. The minimum Gasteiger partial charge on any atom is -0.312 e. The van der Waals surface area contributed by atoms with Crippen molar-refractivity contribution in [1.82, 2.24) is 15.0 Å². The second-order valence-corrected chi connectivity index (χ2v) is 7.55. The molecule has 0 saturated heterocycles. The lowest BCUT2D eigenvalue weighted by molar-refractivity contribution is 0.582. The van der Waals surface area contributed by atoms with Crippen LogP contribution in [0.15, 0.2) is 28.0 Å². The standard InChI is InChI=1S/C11H15N3O2S3/c1-2-12-4-9-3-11(7-17-9)19(15,16)14-6-10-5-13-8-18-10/h3,5,7-8,12,14H,2,4,6H2,1H3. The molecule has 2 N–H and O–H groups in total. The van der Waals surface area contributed by atoms with Gasteiger partial charge in [-0.15, -0.1) is 22.7 Å². The monoisotopic (exact) mass is 317 g/mol. The first-order valence-electron chi connectivity index (χ1n) is 5.77. The summed E-state index contributed by atoms with van der Waals surface area (Å²) in [5.74, 6) is 0. The predicted molar refractivity (Wildman–Crippen MR) is 77.8 cm³/mol. The fourth-order valence-electron chi connectivity index (χ4n) is 1.42. The van der Waals surface area contributed by atoms with Crippen LogP contribution in [0.5, 0.6) is 0 Å². The third-order valence-electron chi connectivity index (χ3n) is 2.41. The number of thiophene rings is 1. The maximum atomic E-state index is 12.1. The zero-order valence-corrected chi connectivity index (χ0v) is 12.9. The van der Waals surface area contributed by atoms with Crippen molar-refractivity contribution in [1.29, 1.82) is 0 Å². The third kappa shape index (κ3) is 4.08. The van der Waals surface area contributed by atoms with E-state index < -0.39 is 10.0 Å². The topological polar surface area (TPSA) is 71.1 Å². The lowest BCUT2D eigenvalue weighted by Crippen LogP contribution is -2.22. The van der Waals surface area contributed by atoms with Gasteiger partial charge in [0.15, 0.2) is 0 Å². The van der Waals surface area contributed by atoms with Gasteiger partial charge in [-0.25, -0.2) is 13.1 Å². The van der Waals surface area contributed by atoms with Crippen molar-refractivity contribution in [3.63, 3.8) is 0 Å². The van der Waals surface area contributed by atoms with Gasteiger partial charge in [0.25, 0.3) is 0 Å².